The molecule has 2 N–H and O–H groups in total. The number of rotatable bonds is 3. The van der Waals surface area contributed by atoms with Gasteiger partial charge in [-0.2, -0.15) is 0 Å². The van der Waals surface area contributed by atoms with Gasteiger partial charge in [-0.3, -0.25) is 0 Å². The summed E-state index contributed by atoms with van der Waals surface area (Å²) in [5.74, 6) is 0. The van der Waals surface area contributed by atoms with E-state index in [0.29, 0.717) is 5.46 Å². The third-order valence-corrected chi connectivity index (χ3v) is 5.59. The summed E-state index contributed by atoms with van der Waals surface area (Å²) in [6, 6.07) is 7.57. The lowest BCUT2D eigenvalue weighted by Gasteiger charge is -2.04. The Balaban J connectivity index is 0.000000162. The second kappa shape index (κ2) is 8.38. The highest BCUT2D eigenvalue weighted by Crippen LogP contribution is 2.23. The molecule has 0 bridgehead atoms. The van der Waals surface area contributed by atoms with Crippen molar-refractivity contribution in [3.63, 3.8) is 0 Å². The zero-order chi connectivity index (χ0) is 20.4. The SMILES string of the molecule is CCn1nnc2c(C)c(B(O)O)ccc21.CCn1nnc2c(C)c(Br)ccc21. The molecule has 0 unspecified atom stereocenters. The molecule has 0 radical (unpaired) electrons. The molecule has 0 fully saturated rings. The van der Waals surface area contributed by atoms with Crippen LogP contribution in [0.15, 0.2) is 28.7 Å². The summed E-state index contributed by atoms with van der Waals surface area (Å²) < 4.78 is 4.76. The summed E-state index contributed by atoms with van der Waals surface area (Å²) in [7, 11) is -1.46. The average molecular weight is 445 g/mol. The minimum atomic E-state index is -1.46. The zero-order valence-corrected chi connectivity index (χ0v) is 17.8. The first-order valence-electron chi connectivity index (χ1n) is 9.06. The molecular formula is C18H22BBrN6O2. The Labute approximate surface area is 171 Å². The molecule has 0 atom stereocenters. The Morgan fingerprint density at radius 1 is 0.857 bits per heavy atom. The van der Waals surface area contributed by atoms with E-state index < -0.39 is 7.12 Å². The molecule has 146 valence electrons. The molecule has 2 aromatic heterocycles. The van der Waals surface area contributed by atoms with E-state index in [4.69, 9.17) is 10.0 Å². The fourth-order valence-corrected chi connectivity index (χ4v) is 3.39. The molecule has 8 nitrogen and oxygen atoms in total. The third kappa shape index (κ3) is 3.67. The molecule has 0 aliphatic rings. The van der Waals surface area contributed by atoms with E-state index in [2.05, 4.69) is 43.5 Å². The minimum absolute atomic E-state index is 0.477. The van der Waals surface area contributed by atoms with Crippen LogP contribution in [0.25, 0.3) is 22.1 Å². The number of nitrogens with zero attached hydrogens (tertiary/aromatic N) is 6. The van der Waals surface area contributed by atoms with Crippen molar-refractivity contribution in [3.05, 3.63) is 39.9 Å². The molecule has 10 heteroatoms. The van der Waals surface area contributed by atoms with Crippen LogP contribution in [0.3, 0.4) is 0 Å². The molecule has 4 aromatic rings. The predicted molar refractivity (Wildman–Crippen MR) is 113 cm³/mol. The summed E-state index contributed by atoms with van der Waals surface area (Å²) in [4.78, 5) is 0. The van der Waals surface area contributed by atoms with Gasteiger partial charge in [-0.1, -0.05) is 32.4 Å². The van der Waals surface area contributed by atoms with Crippen LogP contribution >= 0.6 is 15.9 Å². The highest BCUT2D eigenvalue weighted by atomic mass is 79.9. The number of aromatic nitrogens is 6. The highest BCUT2D eigenvalue weighted by molar-refractivity contribution is 9.10. The van der Waals surface area contributed by atoms with Gasteiger partial charge in [0.1, 0.15) is 11.0 Å². The van der Waals surface area contributed by atoms with E-state index in [1.807, 2.05) is 37.6 Å². The number of aryl methyl sites for hydroxylation is 4. The number of benzene rings is 2. The molecule has 4 rings (SSSR count). The maximum atomic E-state index is 9.13. The Morgan fingerprint density at radius 3 is 1.86 bits per heavy atom. The molecule has 0 saturated heterocycles. The van der Waals surface area contributed by atoms with E-state index in [1.54, 1.807) is 16.8 Å². The van der Waals surface area contributed by atoms with Crippen LogP contribution in [-0.4, -0.2) is 47.2 Å². The number of halogens is 1. The van der Waals surface area contributed by atoms with Gasteiger partial charge in [-0.15, -0.1) is 10.2 Å². The van der Waals surface area contributed by atoms with Gasteiger partial charge in [-0.05, 0) is 62.5 Å². The third-order valence-electron chi connectivity index (χ3n) is 4.73. The minimum Gasteiger partial charge on any atom is -0.423 e. The van der Waals surface area contributed by atoms with Gasteiger partial charge in [0, 0.05) is 17.6 Å². The summed E-state index contributed by atoms with van der Waals surface area (Å²) in [6.07, 6.45) is 0. The quantitative estimate of drug-likeness (QED) is 0.468. The lowest BCUT2D eigenvalue weighted by Crippen LogP contribution is -2.32. The van der Waals surface area contributed by atoms with E-state index in [1.165, 1.54) is 0 Å². The van der Waals surface area contributed by atoms with Crippen molar-refractivity contribution >= 4 is 50.6 Å². The molecule has 0 amide bonds. The van der Waals surface area contributed by atoms with Crippen molar-refractivity contribution in [2.75, 3.05) is 0 Å². The topological polar surface area (TPSA) is 102 Å². The van der Waals surface area contributed by atoms with Gasteiger partial charge in [0.25, 0.3) is 0 Å². The Hall–Kier alpha value is -2.30. The maximum Gasteiger partial charge on any atom is 0.488 e. The van der Waals surface area contributed by atoms with Crippen molar-refractivity contribution in [2.45, 2.75) is 40.8 Å². The second-order valence-electron chi connectivity index (χ2n) is 6.37. The predicted octanol–water partition coefficient (Wildman–Crippen LogP) is 1.96. The van der Waals surface area contributed by atoms with Gasteiger partial charge in [0.15, 0.2) is 0 Å². The summed E-state index contributed by atoms with van der Waals surface area (Å²) in [6.45, 7) is 9.51. The van der Waals surface area contributed by atoms with Crippen molar-refractivity contribution < 1.29 is 10.0 Å². The molecule has 0 aliphatic heterocycles. The van der Waals surface area contributed by atoms with Crippen molar-refractivity contribution in [2.24, 2.45) is 0 Å². The number of hydrogen-bond donors (Lipinski definition) is 2. The fraction of sp³-hybridized carbons (Fsp3) is 0.333. The molecule has 28 heavy (non-hydrogen) atoms. The van der Waals surface area contributed by atoms with Crippen molar-refractivity contribution in [1.29, 1.82) is 0 Å². The standard InChI is InChI=1S/C9H12BN3O2.C9H10BrN3/c1-3-13-8-5-4-7(10(14)15)6(2)9(8)11-12-13;1-3-13-8-5-4-7(10)6(2)9(8)11-12-13/h4-5,14-15H,3H2,1-2H3;4-5H,3H2,1-2H3. The van der Waals surface area contributed by atoms with Crippen LogP contribution in [0.1, 0.15) is 25.0 Å². The van der Waals surface area contributed by atoms with Gasteiger partial charge in [0.05, 0.1) is 11.0 Å². The van der Waals surface area contributed by atoms with E-state index in [-0.39, 0.29) is 0 Å². The molecule has 0 saturated carbocycles. The molecular weight excluding hydrogens is 423 g/mol. The normalized spacial score (nSPS) is 11.0. The second-order valence-corrected chi connectivity index (χ2v) is 7.23. The molecule has 0 spiro atoms. The first-order chi connectivity index (χ1) is 13.4. The number of hydrogen-bond acceptors (Lipinski definition) is 6. The van der Waals surface area contributed by atoms with E-state index >= 15 is 0 Å². The van der Waals surface area contributed by atoms with Gasteiger partial charge in [-0.25, -0.2) is 9.36 Å². The van der Waals surface area contributed by atoms with Gasteiger partial charge >= 0.3 is 7.12 Å². The Morgan fingerprint density at radius 2 is 1.36 bits per heavy atom. The molecule has 2 heterocycles. The Kier molecular flexibility index (Phi) is 6.12. The van der Waals surface area contributed by atoms with Crippen molar-refractivity contribution in [3.8, 4) is 0 Å². The zero-order valence-electron chi connectivity index (χ0n) is 16.3. The van der Waals surface area contributed by atoms with Crippen LogP contribution in [0.2, 0.25) is 0 Å². The average Bonchev–Trinajstić information content (AvgIpc) is 3.29. The lowest BCUT2D eigenvalue weighted by atomic mass is 9.77. The first kappa shape index (κ1) is 20.4. The van der Waals surface area contributed by atoms with Gasteiger partial charge < -0.3 is 10.0 Å². The van der Waals surface area contributed by atoms with Crippen molar-refractivity contribution in [1.82, 2.24) is 30.0 Å². The maximum absolute atomic E-state index is 9.13. The largest absolute Gasteiger partial charge is 0.488 e. The van der Waals surface area contributed by atoms with Crippen LogP contribution in [-0.2, 0) is 13.1 Å². The highest BCUT2D eigenvalue weighted by Gasteiger charge is 2.17. The first-order valence-corrected chi connectivity index (χ1v) is 9.85. The lowest BCUT2D eigenvalue weighted by molar-refractivity contribution is 0.425. The summed E-state index contributed by atoms with van der Waals surface area (Å²) in [5.41, 5.74) is 6.12. The van der Waals surface area contributed by atoms with E-state index in [9.17, 15) is 0 Å². The summed E-state index contributed by atoms with van der Waals surface area (Å²) in [5, 5.41) is 34.5. The Bertz CT molecular complexity index is 1120. The summed E-state index contributed by atoms with van der Waals surface area (Å²) >= 11 is 3.47. The van der Waals surface area contributed by atoms with Crippen LogP contribution in [0.5, 0.6) is 0 Å². The monoisotopic (exact) mass is 444 g/mol. The molecule has 0 aliphatic carbocycles. The fourth-order valence-electron chi connectivity index (χ4n) is 3.07. The smallest absolute Gasteiger partial charge is 0.423 e. The van der Waals surface area contributed by atoms with Crippen LogP contribution in [0, 0.1) is 13.8 Å². The molecule has 2 aromatic carbocycles. The van der Waals surface area contributed by atoms with Crippen LogP contribution < -0.4 is 5.46 Å². The van der Waals surface area contributed by atoms with Crippen LogP contribution in [0.4, 0.5) is 0 Å². The number of fused-ring (bicyclic) bond motifs is 2. The van der Waals surface area contributed by atoms with E-state index in [0.717, 1.165) is 50.8 Å². The van der Waals surface area contributed by atoms with Gasteiger partial charge in [0.2, 0.25) is 0 Å².